The van der Waals surface area contributed by atoms with Crippen LogP contribution in [0.25, 0.3) is 0 Å². The minimum Gasteiger partial charge on any atom is -0.460 e. The van der Waals surface area contributed by atoms with Crippen LogP contribution in [0.15, 0.2) is 0 Å². The summed E-state index contributed by atoms with van der Waals surface area (Å²) in [6, 6.07) is 0. The predicted octanol–water partition coefficient (Wildman–Crippen LogP) is 4.65. The van der Waals surface area contributed by atoms with Gasteiger partial charge < -0.3 is 9.47 Å². The van der Waals surface area contributed by atoms with Crippen molar-refractivity contribution >= 4 is 11.9 Å². The van der Waals surface area contributed by atoms with Gasteiger partial charge in [0.2, 0.25) is 0 Å². The summed E-state index contributed by atoms with van der Waals surface area (Å²) in [4.78, 5) is 25.8. The summed E-state index contributed by atoms with van der Waals surface area (Å²) in [5.74, 6) is 0.762. The van der Waals surface area contributed by atoms with E-state index in [0.717, 1.165) is 32.1 Å². The van der Waals surface area contributed by atoms with Crippen molar-refractivity contribution in [2.45, 2.75) is 97.7 Å². The van der Waals surface area contributed by atoms with E-state index in [1.165, 1.54) is 6.42 Å². The van der Waals surface area contributed by atoms with Crippen LogP contribution in [0.2, 0.25) is 0 Å². The molecule has 0 aromatic carbocycles. The predicted molar refractivity (Wildman–Crippen MR) is 95.9 cm³/mol. The van der Waals surface area contributed by atoms with Gasteiger partial charge >= 0.3 is 11.9 Å². The Morgan fingerprint density at radius 3 is 2.04 bits per heavy atom. The van der Waals surface area contributed by atoms with Gasteiger partial charge in [-0.2, -0.15) is 0 Å². The van der Waals surface area contributed by atoms with Gasteiger partial charge in [-0.05, 0) is 85.0 Å². The number of carbonyl (C=O) groups excluding carboxylic acids is 2. The molecule has 0 amide bonds. The number of hydrogen-bond donors (Lipinski definition) is 0. The number of ether oxygens (including phenoxy) is 2. The second-order valence-electron chi connectivity index (χ2n) is 10.6. The lowest BCUT2D eigenvalue weighted by Crippen LogP contribution is -2.61. The molecule has 0 saturated heterocycles. The lowest BCUT2D eigenvalue weighted by Gasteiger charge is -2.60. The van der Waals surface area contributed by atoms with Gasteiger partial charge in [-0.15, -0.1) is 0 Å². The Morgan fingerprint density at radius 2 is 1.56 bits per heavy atom. The van der Waals surface area contributed by atoms with Crippen LogP contribution in [0.4, 0.5) is 0 Å². The molecule has 4 saturated carbocycles. The van der Waals surface area contributed by atoms with Gasteiger partial charge in [0.05, 0.1) is 10.8 Å². The van der Waals surface area contributed by atoms with Crippen molar-refractivity contribution in [3.05, 3.63) is 0 Å². The van der Waals surface area contributed by atoms with Gasteiger partial charge in [-0.3, -0.25) is 9.59 Å². The van der Waals surface area contributed by atoms with Crippen molar-refractivity contribution in [2.24, 2.45) is 22.7 Å². The minimum absolute atomic E-state index is 0.0794. The zero-order chi connectivity index (χ0) is 18.7. The molecule has 2 unspecified atom stereocenters. The Kier molecular flexibility index (Phi) is 4.28. The highest BCUT2D eigenvalue weighted by Gasteiger charge is 2.63. The summed E-state index contributed by atoms with van der Waals surface area (Å²) in [7, 11) is 0. The Balaban J connectivity index is 1.84. The van der Waals surface area contributed by atoms with E-state index >= 15 is 0 Å². The molecule has 4 heteroatoms. The largest absolute Gasteiger partial charge is 0.460 e. The molecule has 2 atom stereocenters. The van der Waals surface area contributed by atoms with E-state index in [1.807, 2.05) is 41.5 Å². The summed E-state index contributed by atoms with van der Waals surface area (Å²) >= 11 is 0. The smallest absolute Gasteiger partial charge is 0.312 e. The molecule has 0 spiro atoms. The van der Waals surface area contributed by atoms with Crippen LogP contribution in [0, 0.1) is 22.7 Å². The molecule has 0 aromatic heterocycles. The molecule has 4 aliphatic carbocycles. The molecule has 0 aliphatic heterocycles. The summed E-state index contributed by atoms with van der Waals surface area (Å²) in [6.07, 6.45) is 6.20. The highest BCUT2D eigenvalue weighted by Crippen LogP contribution is 2.63. The summed E-state index contributed by atoms with van der Waals surface area (Å²) in [5.41, 5.74) is -1.85. The monoisotopic (exact) mass is 350 g/mol. The topological polar surface area (TPSA) is 52.6 Å². The highest BCUT2D eigenvalue weighted by molar-refractivity contribution is 5.79. The minimum atomic E-state index is -0.478. The van der Waals surface area contributed by atoms with Crippen molar-refractivity contribution < 1.29 is 19.1 Å². The van der Waals surface area contributed by atoms with Crippen molar-refractivity contribution in [2.75, 3.05) is 0 Å². The van der Waals surface area contributed by atoms with Gasteiger partial charge in [-0.25, -0.2) is 0 Å². The van der Waals surface area contributed by atoms with Crippen LogP contribution in [-0.4, -0.2) is 23.1 Å². The third-order valence-corrected chi connectivity index (χ3v) is 6.58. The van der Waals surface area contributed by atoms with Gasteiger partial charge in [-0.1, -0.05) is 6.92 Å². The Morgan fingerprint density at radius 1 is 1.00 bits per heavy atom. The lowest BCUT2D eigenvalue weighted by atomic mass is 9.48. The zero-order valence-corrected chi connectivity index (χ0v) is 16.7. The summed E-state index contributed by atoms with van der Waals surface area (Å²) < 4.78 is 11.9. The van der Waals surface area contributed by atoms with Crippen LogP contribution in [0.5, 0.6) is 0 Å². The van der Waals surface area contributed by atoms with Crippen molar-refractivity contribution in [1.29, 1.82) is 0 Å². The van der Waals surface area contributed by atoms with Gasteiger partial charge in [0.1, 0.15) is 11.2 Å². The summed E-state index contributed by atoms with van der Waals surface area (Å²) in [6.45, 7) is 11.7. The molecule has 4 bridgehead atoms. The molecule has 0 N–H and O–H groups in total. The molecule has 25 heavy (non-hydrogen) atoms. The molecule has 0 radical (unpaired) electrons. The molecule has 4 fully saturated rings. The van der Waals surface area contributed by atoms with Gasteiger partial charge in [0, 0.05) is 6.42 Å². The fourth-order valence-corrected chi connectivity index (χ4v) is 5.40. The van der Waals surface area contributed by atoms with Crippen molar-refractivity contribution in [3.63, 3.8) is 0 Å². The highest BCUT2D eigenvalue weighted by atomic mass is 16.6. The van der Waals surface area contributed by atoms with E-state index in [4.69, 9.17) is 9.47 Å². The molecule has 0 aromatic rings. The van der Waals surface area contributed by atoms with Crippen LogP contribution in [-0.2, 0) is 19.1 Å². The van der Waals surface area contributed by atoms with E-state index in [0.29, 0.717) is 18.3 Å². The van der Waals surface area contributed by atoms with Crippen LogP contribution in [0.1, 0.15) is 86.5 Å². The van der Waals surface area contributed by atoms with Gasteiger partial charge in [0.25, 0.3) is 0 Å². The van der Waals surface area contributed by atoms with E-state index in [9.17, 15) is 9.59 Å². The third-order valence-electron chi connectivity index (χ3n) is 6.58. The SMILES string of the molecule is CCC(C)(C)C(=O)OC12CC3CC(C1)CC(C(=O)OC(C)(C)C)(C3)C2. The summed E-state index contributed by atoms with van der Waals surface area (Å²) in [5, 5.41) is 0. The Bertz CT molecular complexity index is 555. The molecule has 4 aliphatic rings. The lowest BCUT2D eigenvalue weighted by molar-refractivity contribution is -0.222. The first-order valence-electron chi connectivity index (χ1n) is 9.86. The normalized spacial score (nSPS) is 37.0. The first kappa shape index (κ1) is 18.7. The quantitative estimate of drug-likeness (QED) is 0.693. The molecular weight excluding hydrogens is 316 g/mol. The zero-order valence-electron chi connectivity index (χ0n) is 16.7. The number of hydrogen-bond acceptors (Lipinski definition) is 4. The average molecular weight is 350 g/mol. The van der Waals surface area contributed by atoms with Gasteiger partial charge in [0.15, 0.2) is 0 Å². The van der Waals surface area contributed by atoms with Crippen molar-refractivity contribution in [3.8, 4) is 0 Å². The molecule has 0 heterocycles. The van der Waals surface area contributed by atoms with E-state index < -0.39 is 22.0 Å². The second kappa shape index (κ2) is 5.72. The maximum Gasteiger partial charge on any atom is 0.312 e. The Hall–Kier alpha value is -1.06. The van der Waals surface area contributed by atoms with E-state index in [1.54, 1.807) is 0 Å². The van der Waals surface area contributed by atoms with Crippen LogP contribution in [0.3, 0.4) is 0 Å². The second-order valence-corrected chi connectivity index (χ2v) is 10.6. The number of carbonyl (C=O) groups is 2. The molecular formula is C21H34O4. The molecule has 4 nitrogen and oxygen atoms in total. The average Bonchev–Trinajstić information content (AvgIpc) is 2.43. The standard InChI is InChI=1S/C21H34O4/c1-7-19(5,6)16(22)25-21-11-14-8-15(12-21)10-20(9-14,13-21)17(23)24-18(2,3)4/h14-15H,7-13H2,1-6H3. The maximum absolute atomic E-state index is 13.0. The van der Waals surface area contributed by atoms with Crippen LogP contribution >= 0.6 is 0 Å². The number of esters is 2. The number of rotatable bonds is 4. The third kappa shape index (κ3) is 3.46. The Labute approximate surface area is 152 Å². The first-order valence-corrected chi connectivity index (χ1v) is 9.86. The van der Waals surface area contributed by atoms with E-state index in [2.05, 4.69) is 0 Å². The maximum atomic E-state index is 13.0. The van der Waals surface area contributed by atoms with Crippen LogP contribution < -0.4 is 0 Å². The first-order chi connectivity index (χ1) is 11.4. The van der Waals surface area contributed by atoms with Crippen molar-refractivity contribution in [1.82, 2.24) is 0 Å². The fourth-order valence-electron chi connectivity index (χ4n) is 5.40. The molecule has 142 valence electrons. The fraction of sp³-hybridized carbons (Fsp3) is 0.905. The van der Waals surface area contributed by atoms with E-state index in [-0.39, 0.29) is 11.9 Å². The molecule has 4 rings (SSSR count).